The molecular formula is C25H31N5O. The topological polar surface area (TPSA) is 44.1 Å². The van der Waals surface area contributed by atoms with E-state index in [0.29, 0.717) is 5.92 Å². The molecule has 6 nitrogen and oxygen atoms in total. The van der Waals surface area contributed by atoms with Gasteiger partial charge in [0, 0.05) is 44.1 Å². The summed E-state index contributed by atoms with van der Waals surface area (Å²) in [7, 11) is 0. The molecule has 2 aromatic heterocycles. The van der Waals surface area contributed by atoms with Gasteiger partial charge in [0.15, 0.2) is 0 Å². The molecule has 2 aliphatic heterocycles. The van der Waals surface area contributed by atoms with E-state index in [9.17, 15) is 4.79 Å². The molecule has 0 N–H and O–H groups in total. The molecular weight excluding hydrogens is 386 g/mol. The largest absolute Gasteiger partial charge is 0.366 e. The molecule has 2 fully saturated rings. The van der Waals surface area contributed by atoms with E-state index in [2.05, 4.69) is 64.4 Å². The molecule has 31 heavy (non-hydrogen) atoms. The summed E-state index contributed by atoms with van der Waals surface area (Å²) in [6.45, 7) is 9.08. The predicted molar refractivity (Wildman–Crippen MR) is 125 cm³/mol. The molecule has 0 unspecified atom stereocenters. The first-order valence-corrected chi connectivity index (χ1v) is 11.5. The van der Waals surface area contributed by atoms with Gasteiger partial charge in [0.25, 0.3) is 0 Å². The third-order valence-electron chi connectivity index (χ3n) is 7.04. The fraction of sp³-hybridized carbons (Fsp3) is 0.440. The lowest BCUT2D eigenvalue weighted by molar-refractivity contribution is -0.118. The summed E-state index contributed by atoms with van der Waals surface area (Å²) in [5.41, 5.74) is 6.20. The molecule has 6 heteroatoms. The Balaban J connectivity index is 1.35. The van der Waals surface area contributed by atoms with Crippen molar-refractivity contribution in [2.24, 2.45) is 0 Å². The summed E-state index contributed by atoms with van der Waals surface area (Å²) in [6, 6.07) is 13.5. The van der Waals surface area contributed by atoms with Crippen molar-refractivity contribution in [3.05, 3.63) is 54.4 Å². The highest BCUT2D eigenvalue weighted by atomic mass is 16.1. The van der Waals surface area contributed by atoms with E-state index in [0.717, 1.165) is 44.7 Å². The van der Waals surface area contributed by atoms with Crippen LogP contribution in [0, 0.1) is 0 Å². The van der Waals surface area contributed by atoms with Crippen molar-refractivity contribution >= 4 is 17.6 Å². The molecule has 0 radical (unpaired) electrons. The van der Waals surface area contributed by atoms with Crippen LogP contribution < -0.4 is 4.90 Å². The average molecular weight is 418 g/mol. The quantitative estimate of drug-likeness (QED) is 0.596. The zero-order valence-corrected chi connectivity index (χ0v) is 18.3. The van der Waals surface area contributed by atoms with E-state index >= 15 is 0 Å². The molecule has 5 rings (SSSR count). The Kier molecular flexibility index (Phi) is 5.64. The van der Waals surface area contributed by atoms with E-state index in [1.807, 2.05) is 15.6 Å². The fourth-order valence-electron chi connectivity index (χ4n) is 5.02. The number of rotatable bonds is 5. The number of piperidine rings is 1. The van der Waals surface area contributed by atoms with Gasteiger partial charge in [-0.2, -0.15) is 5.10 Å². The Morgan fingerprint density at radius 1 is 0.968 bits per heavy atom. The van der Waals surface area contributed by atoms with Crippen LogP contribution in [0.25, 0.3) is 16.6 Å². The number of carbonyl (C=O) groups excluding carboxylic acids is 1. The Hall–Kier alpha value is -2.86. The normalized spacial score (nSPS) is 18.6. The van der Waals surface area contributed by atoms with Crippen LogP contribution in [0.15, 0.2) is 48.8 Å². The van der Waals surface area contributed by atoms with Crippen LogP contribution in [0.5, 0.6) is 0 Å². The minimum Gasteiger partial charge on any atom is -0.366 e. The summed E-state index contributed by atoms with van der Waals surface area (Å²) >= 11 is 0. The molecule has 0 aliphatic carbocycles. The molecule has 0 saturated carbocycles. The lowest BCUT2D eigenvalue weighted by Crippen LogP contribution is -2.45. The number of amides is 1. The minimum atomic E-state index is 0.684. The second-order valence-electron chi connectivity index (χ2n) is 8.73. The van der Waals surface area contributed by atoms with Crippen LogP contribution in [0.1, 0.15) is 31.2 Å². The number of nitrogens with zero attached hydrogens (tertiary/aromatic N) is 5. The van der Waals surface area contributed by atoms with Crippen molar-refractivity contribution in [1.82, 2.24) is 19.4 Å². The van der Waals surface area contributed by atoms with Gasteiger partial charge in [-0.15, -0.1) is 0 Å². The van der Waals surface area contributed by atoms with Crippen molar-refractivity contribution in [2.75, 3.05) is 50.7 Å². The highest BCUT2D eigenvalue weighted by Crippen LogP contribution is 2.32. The van der Waals surface area contributed by atoms with Crippen molar-refractivity contribution in [1.29, 1.82) is 0 Å². The van der Waals surface area contributed by atoms with E-state index < -0.39 is 0 Å². The van der Waals surface area contributed by atoms with Crippen LogP contribution in [-0.4, -0.2) is 71.6 Å². The molecule has 4 heterocycles. The first kappa shape index (κ1) is 20.1. The van der Waals surface area contributed by atoms with Crippen molar-refractivity contribution in [3.8, 4) is 11.1 Å². The first-order valence-electron chi connectivity index (χ1n) is 11.5. The van der Waals surface area contributed by atoms with Gasteiger partial charge >= 0.3 is 0 Å². The second-order valence-corrected chi connectivity index (χ2v) is 8.73. The highest BCUT2D eigenvalue weighted by Gasteiger charge is 2.20. The van der Waals surface area contributed by atoms with Gasteiger partial charge in [0.05, 0.1) is 11.2 Å². The number of aromatic nitrogens is 2. The lowest BCUT2D eigenvalue weighted by Gasteiger charge is -2.34. The standard InChI is InChI=1S/C25H31N5O/c1-2-27-11-8-22(9-12-27)20-3-5-21(6-4-20)23-17-25-24(7-10-26-30(25)18-23)29-15-13-28(19-31)14-16-29/h3-7,10,17-19,22H,2,8-9,11-16H2,1H3. The van der Waals surface area contributed by atoms with E-state index in [1.165, 1.54) is 48.3 Å². The average Bonchev–Trinajstić information content (AvgIpc) is 3.29. The third-order valence-corrected chi connectivity index (χ3v) is 7.04. The smallest absolute Gasteiger partial charge is 0.209 e. The number of hydrogen-bond donors (Lipinski definition) is 0. The van der Waals surface area contributed by atoms with Gasteiger partial charge in [-0.05, 0) is 61.7 Å². The van der Waals surface area contributed by atoms with Gasteiger partial charge in [0.2, 0.25) is 6.41 Å². The SMILES string of the molecule is CCN1CCC(c2ccc(-c3cc4c(N5CCN(C=O)CC5)ccnn4c3)cc2)CC1. The number of anilines is 1. The van der Waals surface area contributed by atoms with Gasteiger partial charge in [-0.1, -0.05) is 31.2 Å². The van der Waals surface area contributed by atoms with Gasteiger partial charge in [-0.25, -0.2) is 4.52 Å². The highest BCUT2D eigenvalue weighted by molar-refractivity contribution is 5.80. The number of hydrogen-bond acceptors (Lipinski definition) is 4. The number of fused-ring (bicyclic) bond motifs is 1. The Bertz CT molecular complexity index is 1030. The third kappa shape index (κ3) is 4.04. The maximum absolute atomic E-state index is 11.0. The second kappa shape index (κ2) is 8.71. The molecule has 2 saturated heterocycles. The van der Waals surface area contributed by atoms with Gasteiger partial charge in [0.1, 0.15) is 0 Å². The maximum Gasteiger partial charge on any atom is 0.209 e. The van der Waals surface area contributed by atoms with Crippen LogP contribution in [0.3, 0.4) is 0 Å². The summed E-state index contributed by atoms with van der Waals surface area (Å²) in [4.78, 5) is 17.8. The monoisotopic (exact) mass is 417 g/mol. The van der Waals surface area contributed by atoms with Crippen LogP contribution in [0.4, 0.5) is 5.69 Å². The van der Waals surface area contributed by atoms with Crippen molar-refractivity contribution < 1.29 is 4.79 Å². The number of carbonyl (C=O) groups is 1. The van der Waals surface area contributed by atoms with Crippen LogP contribution in [-0.2, 0) is 4.79 Å². The Morgan fingerprint density at radius 2 is 1.71 bits per heavy atom. The minimum absolute atomic E-state index is 0.684. The van der Waals surface area contributed by atoms with Crippen molar-refractivity contribution in [3.63, 3.8) is 0 Å². The zero-order valence-electron chi connectivity index (χ0n) is 18.3. The molecule has 2 aliphatic rings. The Morgan fingerprint density at radius 3 is 2.39 bits per heavy atom. The van der Waals surface area contributed by atoms with Crippen LogP contribution >= 0.6 is 0 Å². The zero-order chi connectivity index (χ0) is 21.2. The molecule has 3 aromatic rings. The summed E-state index contributed by atoms with van der Waals surface area (Å²) in [5, 5.41) is 4.54. The number of benzene rings is 1. The fourth-order valence-corrected chi connectivity index (χ4v) is 5.02. The van der Waals surface area contributed by atoms with Gasteiger partial charge in [-0.3, -0.25) is 4.79 Å². The molecule has 0 spiro atoms. The number of piperazine rings is 1. The summed E-state index contributed by atoms with van der Waals surface area (Å²) in [5.74, 6) is 0.684. The lowest BCUT2D eigenvalue weighted by atomic mass is 9.88. The van der Waals surface area contributed by atoms with Crippen molar-refractivity contribution in [2.45, 2.75) is 25.7 Å². The molecule has 1 amide bonds. The first-order chi connectivity index (χ1) is 15.2. The van der Waals surface area contributed by atoms with E-state index in [4.69, 9.17) is 0 Å². The van der Waals surface area contributed by atoms with Gasteiger partial charge < -0.3 is 14.7 Å². The van der Waals surface area contributed by atoms with Crippen LogP contribution in [0.2, 0.25) is 0 Å². The van der Waals surface area contributed by atoms with E-state index in [-0.39, 0.29) is 0 Å². The Labute approximate surface area is 184 Å². The number of likely N-dealkylation sites (tertiary alicyclic amines) is 1. The molecule has 0 bridgehead atoms. The molecule has 162 valence electrons. The summed E-state index contributed by atoms with van der Waals surface area (Å²) < 4.78 is 1.98. The predicted octanol–water partition coefficient (Wildman–Crippen LogP) is 3.48. The van der Waals surface area contributed by atoms with E-state index in [1.54, 1.807) is 0 Å². The molecule has 0 atom stereocenters. The molecule has 1 aromatic carbocycles. The maximum atomic E-state index is 11.0. The summed E-state index contributed by atoms with van der Waals surface area (Å²) in [6.07, 6.45) is 7.45.